The Morgan fingerprint density at radius 2 is 1.75 bits per heavy atom. The number of sulfonamides is 1. The fourth-order valence-corrected chi connectivity index (χ4v) is 3.74. The topological polar surface area (TPSA) is 66.5 Å². The van der Waals surface area contributed by atoms with Crippen LogP contribution in [-0.4, -0.2) is 37.6 Å². The van der Waals surface area contributed by atoms with Crippen LogP contribution in [0.1, 0.15) is 19.3 Å². The summed E-state index contributed by atoms with van der Waals surface area (Å²) in [4.78, 5) is 11.4. The number of carbonyl (C=O) groups excluding carboxylic acids is 1. The third-order valence-electron chi connectivity index (χ3n) is 3.21. The van der Waals surface area contributed by atoms with Crippen LogP contribution in [0.25, 0.3) is 0 Å². The number of anilines is 1. The molecular formula is C13H17ClN2O3S. The van der Waals surface area contributed by atoms with Crippen molar-refractivity contribution < 1.29 is 13.2 Å². The molecule has 1 heterocycles. The van der Waals surface area contributed by atoms with Crippen LogP contribution in [0.2, 0.25) is 0 Å². The third kappa shape index (κ3) is 3.50. The van der Waals surface area contributed by atoms with Crippen molar-refractivity contribution in [3.8, 4) is 0 Å². The molecule has 5 nitrogen and oxygen atoms in total. The minimum atomic E-state index is -3.42. The molecule has 110 valence electrons. The van der Waals surface area contributed by atoms with Crippen LogP contribution in [0.4, 0.5) is 5.69 Å². The van der Waals surface area contributed by atoms with Crippen LogP contribution in [0.5, 0.6) is 0 Å². The molecule has 1 aromatic rings. The Hall–Kier alpha value is -1.11. The van der Waals surface area contributed by atoms with Crippen LogP contribution in [0.3, 0.4) is 0 Å². The lowest BCUT2D eigenvalue weighted by Crippen LogP contribution is -2.35. The number of hydrogen-bond donors (Lipinski definition) is 1. The van der Waals surface area contributed by atoms with Crippen molar-refractivity contribution >= 4 is 33.2 Å². The number of piperidine rings is 1. The highest BCUT2D eigenvalue weighted by Gasteiger charge is 2.25. The fourth-order valence-electron chi connectivity index (χ4n) is 2.16. The second kappa shape index (κ2) is 6.56. The molecule has 0 saturated carbocycles. The summed E-state index contributed by atoms with van der Waals surface area (Å²) in [5.41, 5.74) is 0.535. The monoisotopic (exact) mass is 316 g/mol. The van der Waals surface area contributed by atoms with Gasteiger partial charge in [-0.15, -0.1) is 11.6 Å². The lowest BCUT2D eigenvalue weighted by Gasteiger charge is -2.25. The van der Waals surface area contributed by atoms with E-state index in [0.29, 0.717) is 18.8 Å². The molecule has 1 aliphatic heterocycles. The van der Waals surface area contributed by atoms with Gasteiger partial charge < -0.3 is 5.32 Å². The lowest BCUT2D eigenvalue weighted by atomic mass is 10.2. The summed E-state index contributed by atoms with van der Waals surface area (Å²) in [6, 6.07) is 6.16. The average molecular weight is 317 g/mol. The van der Waals surface area contributed by atoms with Gasteiger partial charge in [0.1, 0.15) is 5.88 Å². The molecule has 1 saturated heterocycles. The second-order valence-electron chi connectivity index (χ2n) is 4.67. The maximum absolute atomic E-state index is 12.4. The zero-order valence-corrected chi connectivity index (χ0v) is 12.6. The van der Waals surface area contributed by atoms with Crippen molar-refractivity contribution in [2.24, 2.45) is 0 Å². The van der Waals surface area contributed by atoms with Gasteiger partial charge in [0.2, 0.25) is 15.9 Å². The summed E-state index contributed by atoms with van der Waals surface area (Å²) in [5, 5.41) is 2.57. The number of carbonyl (C=O) groups is 1. The number of alkyl halides is 1. The predicted octanol–water partition coefficient (Wildman–Crippen LogP) is 2.04. The molecule has 0 unspecified atom stereocenters. The summed E-state index contributed by atoms with van der Waals surface area (Å²) in [6.07, 6.45) is 2.89. The number of amides is 1. The number of halogens is 1. The highest BCUT2D eigenvalue weighted by atomic mass is 35.5. The molecule has 1 aromatic carbocycles. The molecule has 0 aliphatic carbocycles. The quantitative estimate of drug-likeness (QED) is 0.864. The van der Waals surface area contributed by atoms with Gasteiger partial charge >= 0.3 is 0 Å². The number of benzene rings is 1. The first kappa shape index (κ1) is 15.3. The largest absolute Gasteiger partial charge is 0.325 e. The molecule has 1 aliphatic rings. The van der Waals surface area contributed by atoms with E-state index in [2.05, 4.69) is 5.32 Å². The summed E-state index contributed by atoms with van der Waals surface area (Å²) in [5.74, 6) is -0.452. The Morgan fingerprint density at radius 1 is 1.15 bits per heavy atom. The van der Waals surface area contributed by atoms with Crippen LogP contribution in [0, 0.1) is 0 Å². The van der Waals surface area contributed by atoms with Crippen molar-refractivity contribution in [2.45, 2.75) is 24.2 Å². The minimum absolute atomic E-state index is 0.131. The van der Waals surface area contributed by atoms with Crippen molar-refractivity contribution in [1.29, 1.82) is 0 Å². The van der Waals surface area contributed by atoms with E-state index in [-0.39, 0.29) is 16.7 Å². The molecule has 0 spiro atoms. The van der Waals surface area contributed by atoms with E-state index in [0.717, 1.165) is 19.3 Å². The van der Waals surface area contributed by atoms with Gasteiger partial charge in [-0.25, -0.2) is 8.42 Å². The number of nitrogens with one attached hydrogen (secondary N) is 1. The number of rotatable bonds is 4. The normalized spacial score (nSPS) is 16.9. The molecule has 0 aromatic heterocycles. The van der Waals surface area contributed by atoms with E-state index in [1.165, 1.54) is 16.4 Å². The highest BCUT2D eigenvalue weighted by Crippen LogP contribution is 2.21. The molecule has 1 N–H and O–H groups in total. The zero-order chi connectivity index (χ0) is 14.6. The Kier molecular flexibility index (Phi) is 5.01. The maximum atomic E-state index is 12.4. The van der Waals surface area contributed by atoms with Crippen molar-refractivity contribution in [1.82, 2.24) is 4.31 Å². The van der Waals surface area contributed by atoms with Gasteiger partial charge in [-0.05, 0) is 37.1 Å². The second-order valence-corrected chi connectivity index (χ2v) is 6.88. The smallest absolute Gasteiger partial charge is 0.243 e. The number of hydrogen-bond acceptors (Lipinski definition) is 3. The Morgan fingerprint density at radius 3 is 2.30 bits per heavy atom. The fraction of sp³-hybridized carbons (Fsp3) is 0.462. The zero-order valence-electron chi connectivity index (χ0n) is 11.0. The standard InChI is InChI=1S/C13H17ClN2O3S/c14-10-13(17)15-11-4-6-12(7-5-11)20(18,19)16-8-2-1-3-9-16/h4-7H,1-3,8-10H2,(H,15,17). The van der Waals surface area contributed by atoms with E-state index in [9.17, 15) is 13.2 Å². The summed E-state index contributed by atoms with van der Waals surface area (Å²) >= 11 is 5.39. The molecule has 7 heteroatoms. The molecule has 0 radical (unpaired) electrons. The molecule has 20 heavy (non-hydrogen) atoms. The van der Waals surface area contributed by atoms with Crippen molar-refractivity contribution in [3.05, 3.63) is 24.3 Å². The van der Waals surface area contributed by atoms with Gasteiger partial charge in [-0.3, -0.25) is 4.79 Å². The molecule has 0 atom stereocenters. The Bertz CT molecular complexity index is 566. The summed E-state index contributed by atoms with van der Waals surface area (Å²) < 4.78 is 26.3. The van der Waals surface area contributed by atoms with Crippen molar-refractivity contribution in [2.75, 3.05) is 24.3 Å². The molecule has 2 rings (SSSR count). The Labute approximate surface area is 124 Å². The van der Waals surface area contributed by atoms with Gasteiger partial charge in [-0.1, -0.05) is 6.42 Å². The van der Waals surface area contributed by atoms with E-state index < -0.39 is 10.0 Å². The lowest BCUT2D eigenvalue weighted by molar-refractivity contribution is -0.113. The molecule has 1 fully saturated rings. The SMILES string of the molecule is O=C(CCl)Nc1ccc(S(=O)(=O)N2CCCCC2)cc1. The maximum Gasteiger partial charge on any atom is 0.243 e. The molecular weight excluding hydrogens is 300 g/mol. The van der Waals surface area contributed by atoms with Gasteiger partial charge in [0, 0.05) is 18.8 Å². The van der Waals surface area contributed by atoms with Crippen LogP contribution in [-0.2, 0) is 14.8 Å². The van der Waals surface area contributed by atoms with E-state index in [4.69, 9.17) is 11.6 Å². The first-order valence-corrected chi connectivity index (χ1v) is 8.47. The van der Waals surface area contributed by atoms with Crippen LogP contribution < -0.4 is 5.32 Å². The average Bonchev–Trinajstić information content (AvgIpc) is 2.48. The van der Waals surface area contributed by atoms with Gasteiger partial charge in [-0.2, -0.15) is 4.31 Å². The highest BCUT2D eigenvalue weighted by molar-refractivity contribution is 7.89. The number of nitrogens with zero attached hydrogens (tertiary/aromatic N) is 1. The van der Waals surface area contributed by atoms with Crippen LogP contribution in [0.15, 0.2) is 29.2 Å². The van der Waals surface area contributed by atoms with E-state index >= 15 is 0 Å². The van der Waals surface area contributed by atoms with Crippen LogP contribution >= 0.6 is 11.6 Å². The third-order valence-corrected chi connectivity index (χ3v) is 5.37. The predicted molar refractivity (Wildman–Crippen MR) is 78.4 cm³/mol. The summed E-state index contributed by atoms with van der Waals surface area (Å²) in [6.45, 7) is 1.15. The van der Waals surface area contributed by atoms with Gasteiger partial charge in [0.25, 0.3) is 0 Å². The van der Waals surface area contributed by atoms with Crippen molar-refractivity contribution in [3.63, 3.8) is 0 Å². The Balaban J connectivity index is 2.14. The molecule has 1 amide bonds. The minimum Gasteiger partial charge on any atom is -0.325 e. The first-order chi connectivity index (χ1) is 9.54. The van der Waals surface area contributed by atoms with Gasteiger partial charge in [0.05, 0.1) is 4.90 Å². The summed E-state index contributed by atoms with van der Waals surface area (Å²) in [7, 11) is -3.42. The first-order valence-electron chi connectivity index (χ1n) is 6.50. The van der Waals surface area contributed by atoms with Gasteiger partial charge in [0.15, 0.2) is 0 Å². The van der Waals surface area contributed by atoms with E-state index in [1.807, 2.05) is 0 Å². The molecule has 0 bridgehead atoms. The van der Waals surface area contributed by atoms with E-state index in [1.54, 1.807) is 12.1 Å².